The van der Waals surface area contributed by atoms with E-state index in [1.807, 2.05) is 6.92 Å². The van der Waals surface area contributed by atoms with E-state index in [1.54, 1.807) is 0 Å². The first-order chi connectivity index (χ1) is 9.99. The Bertz CT molecular complexity index is 325. The minimum Gasteiger partial charge on any atom is -0.354 e. The van der Waals surface area contributed by atoms with E-state index in [2.05, 4.69) is 29.8 Å². The molecule has 0 bridgehead atoms. The van der Waals surface area contributed by atoms with Crippen LogP contribution in [0.5, 0.6) is 0 Å². The van der Waals surface area contributed by atoms with E-state index in [1.165, 1.54) is 32.1 Å². The standard InChI is InChI=1S/C16H31N3O2/c1-12(2)13(3)19-16(21)18-10-9-17-15(20)11-14-7-5-4-6-8-14/h12-14H,4-11H2,1-3H3,(H,17,20)(H2,18,19,21). The highest BCUT2D eigenvalue weighted by atomic mass is 16.2. The Hall–Kier alpha value is -1.26. The number of hydrogen-bond acceptors (Lipinski definition) is 2. The highest BCUT2D eigenvalue weighted by Gasteiger charge is 2.16. The molecule has 21 heavy (non-hydrogen) atoms. The second kappa shape index (κ2) is 9.64. The maximum absolute atomic E-state index is 11.8. The van der Waals surface area contributed by atoms with Gasteiger partial charge in [0.15, 0.2) is 0 Å². The van der Waals surface area contributed by atoms with Crippen LogP contribution in [0.3, 0.4) is 0 Å². The molecule has 1 saturated carbocycles. The molecule has 1 fully saturated rings. The third kappa shape index (κ3) is 7.93. The van der Waals surface area contributed by atoms with Gasteiger partial charge in [-0.2, -0.15) is 0 Å². The molecule has 1 unspecified atom stereocenters. The summed E-state index contributed by atoms with van der Waals surface area (Å²) in [5.41, 5.74) is 0. The van der Waals surface area contributed by atoms with Crippen molar-refractivity contribution < 1.29 is 9.59 Å². The van der Waals surface area contributed by atoms with Crippen LogP contribution in [0.4, 0.5) is 4.79 Å². The lowest BCUT2D eigenvalue weighted by molar-refractivity contribution is -0.122. The molecule has 1 rings (SSSR count). The zero-order valence-electron chi connectivity index (χ0n) is 13.7. The van der Waals surface area contributed by atoms with E-state index >= 15 is 0 Å². The smallest absolute Gasteiger partial charge is 0.315 e. The van der Waals surface area contributed by atoms with Crippen LogP contribution in [0.25, 0.3) is 0 Å². The van der Waals surface area contributed by atoms with Gasteiger partial charge in [0.25, 0.3) is 0 Å². The van der Waals surface area contributed by atoms with Crippen LogP contribution >= 0.6 is 0 Å². The summed E-state index contributed by atoms with van der Waals surface area (Å²) in [5.74, 6) is 1.08. The molecule has 0 saturated heterocycles. The molecule has 0 aromatic heterocycles. The molecule has 0 spiro atoms. The first-order valence-corrected chi connectivity index (χ1v) is 8.30. The Morgan fingerprint density at radius 1 is 1.00 bits per heavy atom. The van der Waals surface area contributed by atoms with Gasteiger partial charge in [-0.1, -0.05) is 33.1 Å². The minimum absolute atomic E-state index is 0.111. The van der Waals surface area contributed by atoms with E-state index < -0.39 is 0 Å². The topological polar surface area (TPSA) is 70.2 Å². The molecule has 122 valence electrons. The van der Waals surface area contributed by atoms with Gasteiger partial charge in [-0.3, -0.25) is 4.79 Å². The third-order valence-electron chi connectivity index (χ3n) is 4.29. The largest absolute Gasteiger partial charge is 0.354 e. The molecule has 0 aliphatic heterocycles. The van der Waals surface area contributed by atoms with Gasteiger partial charge in [-0.05, 0) is 31.6 Å². The summed E-state index contributed by atoms with van der Waals surface area (Å²) in [6.07, 6.45) is 6.83. The van der Waals surface area contributed by atoms with E-state index in [0.717, 1.165) is 0 Å². The molecule has 1 aliphatic carbocycles. The summed E-state index contributed by atoms with van der Waals surface area (Å²) in [6, 6.07) is -0.0244. The lowest BCUT2D eigenvalue weighted by Gasteiger charge is -2.21. The summed E-state index contributed by atoms with van der Waals surface area (Å²) < 4.78 is 0. The van der Waals surface area contributed by atoms with Gasteiger partial charge in [0, 0.05) is 25.6 Å². The predicted octanol–water partition coefficient (Wildman–Crippen LogP) is 2.42. The second-order valence-electron chi connectivity index (χ2n) is 6.49. The Labute approximate surface area is 128 Å². The van der Waals surface area contributed by atoms with Gasteiger partial charge in [-0.15, -0.1) is 0 Å². The van der Waals surface area contributed by atoms with Gasteiger partial charge in [0.1, 0.15) is 0 Å². The van der Waals surface area contributed by atoms with Gasteiger partial charge in [0.05, 0.1) is 0 Å². The van der Waals surface area contributed by atoms with Crippen molar-refractivity contribution in [2.75, 3.05) is 13.1 Å². The zero-order valence-corrected chi connectivity index (χ0v) is 13.7. The number of nitrogens with one attached hydrogen (secondary N) is 3. The number of amides is 3. The van der Waals surface area contributed by atoms with Crippen LogP contribution in [-0.4, -0.2) is 31.1 Å². The normalized spacial score (nSPS) is 17.3. The Balaban J connectivity index is 2.04. The number of carbonyl (C=O) groups is 2. The van der Waals surface area contributed by atoms with Crippen LogP contribution in [0.2, 0.25) is 0 Å². The highest BCUT2D eigenvalue weighted by molar-refractivity contribution is 5.76. The van der Waals surface area contributed by atoms with Gasteiger partial charge < -0.3 is 16.0 Å². The molecule has 0 heterocycles. The van der Waals surface area contributed by atoms with Gasteiger partial charge >= 0.3 is 6.03 Å². The van der Waals surface area contributed by atoms with Crippen molar-refractivity contribution in [3.63, 3.8) is 0 Å². The summed E-state index contributed by atoms with van der Waals surface area (Å²) in [7, 11) is 0. The number of carbonyl (C=O) groups excluding carboxylic acids is 2. The average Bonchev–Trinajstić information content (AvgIpc) is 2.44. The molecule has 1 atom stereocenters. The first-order valence-electron chi connectivity index (χ1n) is 8.30. The molecular weight excluding hydrogens is 266 g/mol. The zero-order chi connectivity index (χ0) is 15.7. The SMILES string of the molecule is CC(C)C(C)NC(=O)NCCNC(=O)CC1CCCCC1. The van der Waals surface area contributed by atoms with Crippen LogP contribution < -0.4 is 16.0 Å². The summed E-state index contributed by atoms with van der Waals surface area (Å²) in [6.45, 7) is 7.07. The van der Waals surface area contributed by atoms with Crippen LogP contribution in [0.15, 0.2) is 0 Å². The van der Waals surface area contributed by atoms with Gasteiger partial charge in [0.2, 0.25) is 5.91 Å². The third-order valence-corrected chi connectivity index (χ3v) is 4.29. The molecule has 5 heteroatoms. The Morgan fingerprint density at radius 3 is 2.24 bits per heavy atom. The first kappa shape index (κ1) is 17.8. The van der Waals surface area contributed by atoms with Crippen LogP contribution in [0.1, 0.15) is 59.3 Å². The van der Waals surface area contributed by atoms with Gasteiger partial charge in [-0.25, -0.2) is 4.79 Å². The molecule has 0 aromatic rings. The van der Waals surface area contributed by atoms with E-state index in [4.69, 9.17) is 0 Å². The van der Waals surface area contributed by atoms with E-state index in [-0.39, 0.29) is 18.0 Å². The summed E-state index contributed by atoms with van der Waals surface area (Å²) >= 11 is 0. The molecule has 3 N–H and O–H groups in total. The Morgan fingerprint density at radius 2 is 1.62 bits per heavy atom. The predicted molar refractivity (Wildman–Crippen MR) is 85.0 cm³/mol. The van der Waals surface area contributed by atoms with Crippen molar-refractivity contribution in [3.8, 4) is 0 Å². The fourth-order valence-corrected chi connectivity index (χ4v) is 2.53. The molecule has 1 aliphatic rings. The van der Waals surface area contributed by atoms with E-state index in [0.29, 0.717) is 31.3 Å². The van der Waals surface area contributed by atoms with Crippen molar-refractivity contribution >= 4 is 11.9 Å². The fourth-order valence-electron chi connectivity index (χ4n) is 2.53. The van der Waals surface area contributed by atoms with Crippen molar-refractivity contribution in [2.24, 2.45) is 11.8 Å². The highest BCUT2D eigenvalue weighted by Crippen LogP contribution is 2.25. The molecule has 5 nitrogen and oxygen atoms in total. The number of urea groups is 1. The van der Waals surface area contributed by atoms with Crippen LogP contribution in [0, 0.1) is 11.8 Å². The Kier molecular flexibility index (Phi) is 8.16. The summed E-state index contributed by atoms with van der Waals surface area (Å²) in [5, 5.41) is 8.51. The fraction of sp³-hybridized carbons (Fsp3) is 0.875. The summed E-state index contributed by atoms with van der Waals surface area (Å²) in [4.78, 5) is 23.4. The number of hydrogen-bond donors (Lipinski definition) is 3. The van der Waals surface area contributed by atoms with Crippen LogP contribution in [-0.2, 0) is 4.79 Å². The van der Waals surface area contributed by atoms with Crippen molar-refractivity contribution in [1.82, 2.24) is 16.0 Å². The van der Waals surface area contributed by atoms with Crippen molar-refractivity contribution in [3.05, 3.63) is 0 Å². The maximum atomic E-state index is 11.8. The molecule has 3 amide bonds. The maximum Gasteiger partial charge on any atom is 0.315 e. The molecular formula is C16H31N3O2. The van der Waals surface area contributed by atoms with Crippen molar-refractivity contribution in [1.29, 1.82) is 0 Å². The molecule has 0 radical (unpaired) electrons. The van der Waals surface area contributed by atoms with Crippen molar-refractivity contribution in [2.45, 2.75) is 65.3 Å². The monoisotopic (exact) mass is 297 g/mol. The lowest BCUT2D eigenvalue weighted by Crippen LogP contribution is -2.45. The van der Waals surface area contributed by atoms with E-state index in [9.17, 15) is 9.59 Å². The average molecular weight is 297 g/mol. The quantitative estimate of drug-likeness (QED) is 0.632. The lowest BCUT2D eigenvalue weighted by atomic mass is 9.87. The minimum atomic E-state index is -0.169. The second-order valence-corrected chi connectivity index (χ2v) is 6.49. The number of rotatable bonds is 7. The molecule has 0 aromatic carbocycles.